The van der Waals surface area contributed by atoms with Gasteiger partial charge in [-0.25, -0.2) is 15.0 Å². The van der Waals surface area contributed by atoms with Crippen molar-refractivity contribution in [2.24, 2.45) is 4.99 Å². The summed E-state index contributed by atoms with van der Waals surface area (Å²) in [6.07, 6.45) is 1.57. The summed E-state index contributed by atoms with van der Waals surface area (Å²) in [6.45, 7) is 0. The van der Waals surface area contributed by atoms with Crippen molar-refractivity contribution in [3.8, 4) is 0 Å². The van der Waals surface area contributed by atoms with E-state index in [-0.39, 0.29) is 12.1 Å². The summed E-state index contributed by atoms with van der Waals surface area (Å²) in [5.74, 6) is 0.560. The Labute approximate surface area is 157 Å². The Morgan fingerprint density at radius 3 is 2.22 bits per heavy atom. The normalized spacial score (nSPS) is 18.9. The fourth-order valence-electron chi connectivity index (χ4n) is 3.40. The minimum Gasteiger partial charge on any atom is -0.465 e. The maximum atomic E-state index is 6.31. The molecule has 1 aliphatic heterocycles. The molecule has 4 heteroatoms. The Bertz CT molecular complexity index is 1110. The molecule has 27 heavy (non-hydrogen) atoms. The van der Waals surface area contributed by atoms with Crippen molar-refractivity contribution in [2.75, 3.05) is 0 Å². The van der Waals surface area contributed by atoms with Crippen LogP contribution < -0.4 is 0 Å². The summed E-state index contributed by atoms with van der Waals surface area (Å²) in [5.41, 5.74) is 3.63. The first-order valence-electron chi connectivity index (χ1n) is 8.95. The van der Waals surface area contributed by atoms with E-state index < -0.39 is 0 Å². The molecule has 0 unspecified atom stereocenters. The third-order valence-electron chi connectivity index (χ3n) is 4.73. The zero-order valence-corrected chi connectivity index (χ0v) is 14.6. The summed E-state index contributed by atoms with van der Waals surface area (Å²) < 4.78 is 6.31. The van der Waals surface area contributed by atoms with Crippen LogP contribution in [0.5, 0.6) is 0 Å². The number of nitrogens with zero attached hydrogens (tertiary/aromatic N) is 3. The molecule has 0 saturated heterocycles. The largest absolute Gasteiger partial charge is 0.465 e. The van der Waals surface area contributed by atoms with E-state index in [1.165, 1.54) is 0 Å². The molecule has 3 heterocycles. The van der Waals surface area contributed by atoms with Crippen LogP contribution in [-0.4, -0.2) is 15.9 Å². The van der Waals surface area contributed by atoms with Gasteiger partial charge < -0.3 is 4.74 Å². The number of hydrogen-bond donors (Lipinski definition) is 0. The van der Waals surface area contributed by atoms with Gasteiger partial charge in [-0.2, -0.15) is 0 Å². The number of ether oxygens (including phenoxy) is 1. The average Bonchev–Trinajstić information content (AvgIpc) is 3.20. The standard InChI is InChI=1S/C23H17N3O/c1-3-8-16(9-4-1)20-21(17-10-5-2-6-11-17)27-23(26-20)19-14-13-18-12-7-15-24-22(18)25-19/h1-15,20-21H/t20-,21+/m1/s1. The number of rotatable bonds is 3. The second-order valence-electron chi connectivity index (χ2n) is 6.49. The molecule has 0 saturated carbocycles. The molecule has 4 nitrogen and oxygen atoms in total. The van der Waals surface area contributed by atoms with Crippen LogP contribution >= 0.6 is 0 Å². The SMILES string of the molecule is c1ccc([C@H]2N=C(c3ccc4cccnc4n3)O[C@H]2c2ccccc2)cc1. The van der Waals surface area contributed by atoms with Gasteiger partial charge in [0.2, 0.25) is 5.90 Å². The van der Waals surface area contributed by atoms with Gasteiger partial charge in [0.15, 0.2) is 11.8 Å². The van der Waals surface area contributed by atoms with Gasteiger partial charge >= 0.3 is 0 Å². The molecule has 2 aromatic heterocycles. The lowest BCUT2D eigenvalue weighted by atomic mass is 9.97. The number of hydrogen-bond acceptors (Lipinski definition) is 4. The fraction of sp³-hybridized carbons (Fsp3) is 0.0870. The van der Waals surface area contributed by atoms with E-state index in [9.17, 15) is 0 Å². The van der Waals surface area contributed by atoms with Crippen molar-refractivity contribution < 1.29 is 4.74 Å². The van der Waals surface area contributed by atoms with E-state index in [1.807, 2.05) is 60.7 Å². The van der Waals surface area contributed by atoms with Gasteiger partial charge in [-0.15, -0.1) is 0 Å². The zero-order valence-electron chi connectivity index (χ0n) is 14.6. The Hall–Kier alpha value is -3.53. The summed E-state index contributed by atoms with van der Waals surface area (Å²) in [5, 5.41) is 0.999. The molecule has 0 spiro atoms. The Kier molecular flexibility index (Phi) is 3.87. The second-order valence-corrected chi connectivity index (χ2v) is 6.49. The molecule has 2 atom stereocenters. The van der Waals surface area contributed by atoms with E-state index >= 15 is 0 Å². The predicted octanol–water partition coefficient (Wildman–Crippen LogP) is 4.89. The van der Waals surface area contributed by atoms with Crippen molar-refractivity contribution in [1.29, 1.82) is 0 Å². The first-order valence-corrected chi connectivity index (χ1v) is 8.95. The Balaban J connectivity index is 1.58. The van der Waals surface area contributed by atoms with Crippen molar-refractivity contribution in [3.63, 3.8) is 0 Å². The first-order chi connectivity index (χ1) is 13.4. The third-order valence-corrected chi connectivity index (χ3v) is 4.73. The highest BCUT2D eigenvalue weighted by atomic mass is 16.5. The molecule has 5 rings (SSSR count). The molecule has 0 amide bonds. The van der Waals surface area contributed by atoms with Crippen LogP contribution in [0.15, 0.2) is 96.1 Å². The monoisotopic (exact) mass is 351 g/mol. The summed E-state index contributed by atoms with van der Waals surface area (Å²) >= 11 is 0. The number of aliphatic imine (C=N–C) groups is 1. The van der Waals surface area contributed by atoms with Crippen LogP contribution in [0.2, 0.25) is 0 Å². The molecule has 0 radical (unpaired) electrons. The fourth-order valence-corrected chi connectivity index (χ4v) is 3.40. The highest BCUT2D eigenvalue weighted by molar-refractivity contribution is 5.95. The summed E-state index contributed by atoms with van der Waals surface area (Å²) in [6, 6.07) is 28.2. The van der Waals surface area contributed by atoms with Gasteiger partial charge in [0, 0.05) is 11.6 Å². The van der Waals surface area contributed by atoms with Gasteiger partial charge in [0.1, 0.15) is 11.7 Å². The van der Waals surface area contributed by atoms with Crippen molar-refractivity contribution in [3.05, 3.63) is 108 Å². The highest BCUT2D eigenvalue weighted by Crippen LogP contribution is 2.40. The maximum absolute atomic E-state index is 6.31. The van der Waals surface area contributed by atoms with E-state index in [0.717, 1.165) is 16.5 Å². The lowest BCUT2D eigenvalue weighted by molar-refractivity contribution is 0.196. The van der Waals surface area contributed by atoms with Gasteiger partial charge in [-0.3, -0.25) is 0 Å². The van der Waals surface area contributed by atoms with E-state index in [1.54, 1.807) is 6.20 Å². The molecular weight excluding hydrogens is 334 g/mol. The molecule has 2 aromatic carbocycles. The number of pyridine rings is 2. The lowest BCUT2D eigenvalue weighted by Crippen LogP contribution is -2.10. The molecular formula is C23H17N3O. The molecule has 0 fully saturated rings. The quantitative estimate of drug-likeness (QED) is 0.528. The summed E-state index contributed by atoms with van der Waals surface area (Å²) in [7, 11) is 0. The van der Waals surface area contributed by atoms with Crippen LogP contribution in [0.25, 0.3) is 11.0 Å². The van der Waals surface area contributed by atoms with Crippen molar-refractivity contribution in [1.82, 2.24) is 9.97 Å². The molecule has 1 aliphatic rings. The van der Waals surface area contributed by atoms with E-state index in [4.69, 9.17) is 9.73 Å². The second kappa shape index (κ2) is 6.65. The number of aromatic nitrogens is 2. The molecule has 130 valence electrons. The van der Waals surface area contributed by atoms with Crippen LogP contribution in [-0.2, 0) is 4.74 Å². The smallest absolute Gasteiger partial charge is 0.236 e. The molecule has 0 bridgehead atoms. The van der Waals surface area contributed by atoms with Crippen molar-refractivity contribution in [2.45, 2.75) is 12.1 Å². The van der Waals surface area contributed by atoms with Crippen LogP contribution in [0.3, 0.4) is 0 Å². The minimum absolute atomic E-state index is 0.107. The van der Waals surface area contributed by atoms with Gasteiger partial charge in [0.05, 0.1) is 0 Å². The van der Waals surface area contributed by atoms with E-state index in [2.05, 4.69) is 34.2 Å². The molecule has 0 N–H and O–H groups in total. The molecule has 4 aromatic rings. The van der Waals surface area contributed by atoms with Gasteiger partial charge in [-0.05, 0) is 35.4 Å². The zero-order chi connectivity index (χ0) is 18.1. The maximum Gasteiger partial charge on any atom is 0.236 e. The van der Waals surface area contributed by atoms with Crippen LogP contribution in [0, 0.1) is 0 Å². The number of fused-ring (bicyclic) bond motifs is 1. The van der Waals surface area contributed by atoms with Crippen molar-refractivity contribution >= 4 is 16.9 Å². The number of benzene rings is 2. The highest BCUT2D eigenvalue weighted by Gasteiger charge is 2.34. The average molecular weight is 351 g/mol. The van der Waals surface area contributed by atoms with Crippen LogP contribution in [0.1, 0.15) is 29.0 Å². The Morgan fingerprint density at radius 1 is 0.704 bits per heavy atom. The minimum atomic E-state index is -0.176. The van der Waals surface area contributed by atoms with Crippen LogP contribution in [0.4, 0.5) is 0 Å². The lowest BCUT2D eigenvalue weighted by Gasteiger charge is -2.18. The first kappa shape index (κ1) is 15.7. The summed E-state index contributed by atoms with van der Waals surface area (Å²) in [4.78, 5) is 13.9. The van der Waals surface area contributed by atoms with E-state index in [0.29, 0.717) is 17.2 Å². The van der Waals surface area contributed by atoms with Gasteiger partial charge in [0.25, 0.3) is 0 Å². The molecule has 0 aliphatic carbocycles. The third kappa shape index (κ3) is 2.95. The Morgan fingerprint density at radius 2 is 1.44 bits per heavy atom. The topological polar surface area (TPSA) is 47.4 Å². The van der Waals surface area contributed by atoms with Gasteiger partial charge in [-0.1, -0.05) is 60.7 Å². The predicted molar refractivity (Wildman–Crippen MR) is 106 cm³/mol.